The Hall–Kier alpha value is -1.74. The molecule has 17 heavy (non-hydrogen) atoms. The van der Waals surface area contributed by atoms with Gasteiger partial charge in [0, 0.05) is 23.3 Å². The second-order valence-electron chi connectivity index (χ2n) is 4.05. The van der Waals surface area contributed by atoms with Crippen molar-refractivity contribution in [3.8, 4) is 10.4 Å². The van der Waals surface area contributed by atoms with E-state index in [-0.39, 0.29) is 0 Å². The molecule has 0 amide bonds. The van der Waals surface area contributed by atoms with E-state index in [2.05, 4.69) is 41.2 Å². The van der Waals surface area contributed by atoms with Gasteiger partial charge < -0.3 is 0 Å². The summed E-state index contributed by atoms with van der Waals surface area (Å²) in [6.45, 7) is 4.12. The van der Waals surface area contributed by atoms with Gasteiger partial charge in [-0.3, -0.25) is 4.98 Å². The normalized spacial score (nSPS) is 10.9. The van der Waals surface area contributed by atoms with E-state index in [9.17, 15) is 0 Å². The monoisotopic (exact) mass is 240 g/mol. The number of benzene rings is 1. The van der Waals surface area contributed by atoms with Gasteiger partial charge in [0.25, 0.3) is 0 Å². The molecular formula is C14H12N2S. The van der Waals surface area contributed by atoms with Gasteiger partial charge in [0.15, 0.2) is 0 Å². The summed E-state index contributed by atoms with van der Waals surface area (Å²) in [5.41, 5.74) is 2.37. The zero-order chi connectivity index (χ0) is 11.8. The molecule has 0 unspecified atom stereocenters. The van der Waals surface area contributed by atoms with E-state index in [1.165, 1.54) is 21.2 Å². The lowest BCUT2D eigenvalue weighted by Gasteiger charge is -2.04. The molecule has 0 aliphatic rings. The van der Waals surface area contributed by atoms with Crippen molar-refractivity contribution in [1.82, 2.24) is 9.97 Å². The van der Waals surface area contributed by atoms with Crippen LogP contribution in [0.1, 0.15) is 10.7 Å². The number of thiazole rings is 1. The highest BCUT2D eigenvalue weighted by Gasteiger charge is 2.10. The minimum absolute atomic E-state index is 1.11. The lowest BCUT2D eigenvalue weighted by molar-refractivity contribution is 1.20. The smallest absolute Gasteiger partial charge is 0.0903 e. The number of rotatable bonds is 1. The molecule has 0 aliphatic carbocycles. The molecule has 2 heterocycles. The highest BCUT2D eigenvalue weighted by Crippen LogP contribution is 2.34. The van der Waals surface area contributed by atoms with Crippen molar-refractivity contribution < 1.29 is 0 Å². The van der Waals surface area contributed by atoms with Crippen molar-refractivity contribution in [3.63, 3.8) is 0 Å². The van der Waals surface area contributed by atoms with Crippen LogP contribution >= 0.6 is 11.3 Å². The van der Waals surface area contributed by atoms with E-state index in [1.807, 2.05) is 19.3 Å². The summed E-state index contributed by atoms with van der Waals surface area (Å²) in [5, 5.41) is 3.54. The average molecular weight is 240 g/mol. The first-order valence-corrected chi connectivity index (χ1v) is 6.34. The summed E-state index contributed by atoms with van der Waals surface area (Å²) < 4.78 is 0. The maximum Gasteiger partial charge on any atom is 0.0903 e. The molecule has 1 aromatic carbocycles. The van der Waals surface area contributed by atoms with Crippen molar-refractivity contribution in [2.24, 2.45) is 0 Å². The third-order valence-electron chi connectivity index (χ3n) is 2.83. The summed E-state index contributed by atoms with van der Waals surface area (Å²) in [6, 6.07) is 8.39. The maximum atomic E-state index is 4.50. The van der Waals surface area contributed by atoms with Gasteiger partial charge in [-0.2, -0.15) is 0 Å². The van der Waals surface area contributed by atoms with Gasteiger partial charge >= 0.3 is 0 Å². The minimum atomic E-state index is 1.11. The maximum absolute atomic E-state index is 4.50. The topological polar surface area (TPSA) is 25.8 Å². The second kappa shape index (κ2) is 3.93. The summed E-state index contributed by atoms with van der Waals surface area (Å²) in [6.07, 6.45) is 3.75. The first-order valence-electron chi connectivity index (χ1n) is 5.53. The van der Waals surface area contributed by atoms with Crippen LogP contribution in [-0.2, 0) is 0 Å². The van der Waals surface area contributed by atoms with Crippen molar-refractivity contribution in [1.29, 1.82) is 0 Å². The van der Waals surface area contributed by atoms with Crippen LogP contribution in [0, 0.1) is 13.8 Å². The Kier molecular flexibility index (Phi) is 2.41. The SMILES string of the molecule is Cc1nc(C)c(-c2cccc3cnccc23)s1. The van der Waals surface area contributed by atoms with Crippen LogP contribution in [0.5, 0.6) is 0 Å². The van der Waals surface area contributed by atoms with Crippen LogP contribution in [0.2, 0.25) is 0 Å². The molecular weight excluding hydrogens is 228 g/mol. The van der Waals surface area contributed by atoms with Gasteiger partial charge in [0.2, 0.25) is 0 Å². The molecule has 0 spiro atoms. The molecule has 0 aliphatic heterocycles. The highest BCUT2D eigenvalue weighted by molar-refractivity contribution is 7.15. The van der Waals surface area contributed by atoms with E-state index in [4.69, 9.17) is 0 Å². The van der Waals surface area contributed by atoms with Crippen LogP contribution in [-0.4, -0.2) is 9.97 Å². The molecule has 0 bridgehead atoms. The summed E-state index contributed by atoms with van der Waals surface area (Å²) >= 11 is 1.75. The Morgan fingerprint density at radius 2 is 2.00 bits per heavy atom. The largest absolute Gasteiger partial charge is 0.264 e. The van der Waals surface area contributed by atoms with Gasteiger partial charge in [-0.1, -0.05) is 18.2 Å². The van der Waals surface area contributed by atoms with Gasteiger partial charge in [0.1, 0.15) is 0 Å². The quantitative estimate of drug-likeness (QED) is 0.643. The van der Waals surface area contributed by atoms with E-state index in [1.54, 1.807) is 11.3 Å². The molecule has 0 saturated heterocycles. The first kappa shape index (κ1) is 10.4. The number of hydrogen-bond donors (Lipinski definition) is 0. The average Bonchev–Trinajstić information content (AvgIpc) is 2.68. The lowest BCUT2D eigenvalue weighted by Crippen LogP contribution is -1.82. The lowest BCUT2D eigenvalue weighted by atomic mass is 10.0. The predicted octanol–water partition coefficient (Wildman–Crippen LogP) is 3.98. The molecule has 2 nitrogen and oxygen atoms in total. The zero-order valence-corrected chi connectivity index (χ0v) is 10.6. The Morgan fingerprint density at radius 1 is 1.12 bits per heavy atom. The minimum Gasteiger partial charge on any atom is -0.264 e. The summed E-state index contributed by atoms with van der Waals surface area (Å²) in [4.78, 5) is 9.92. The molecule has 0 atom stereocenters. The number of fused-ring (bicyclic) bond motifs is 1. The van der Waals surface area contributed by atoms with Crippen molar-refractivity contribution >= 4 is 22.1 Å². The zero-order valence-electron chi connectivity index (χ0n) is 9.77. The predicted molar refractivity (Wildman–Crippen MR) is 72.3 cm³/mol. The van der Waals surface area contributed by atoms with Gasteiger partial charge in [0.05, 0.1) is 15.6 Å². The van der Waals surface area contributed by atoms with Gasteiger partial charge in [-0.15, -0.1) is 11.3 Å². The number of pyridine rings is 1. The fourth-order valence-corrected chi connectivity index (χ4v) is 3.06. The van der Waals surface area contributed by atoms with Crippen molar-refractivity contribution in [3.05, 3.63) is 47.4 Å². The number of nitrogens with zero attached hydrogens (tertiary/aromatic N) is 2. The van der Waals surface area contributed by atoms with Crippen molar-refractivity contribution in [2.45, 2.75) is 13.8 Å². The molecule has 3 heteroatoms. The molecule has 3 rings (SSSR count). The van der Waals surface area contributed by atoms with Gasteiger partial charge in [-0.05, 0) is 25.3 Å². The van der Waals surface area contributed by atoms with E-state index >= 15 is 0 Å². The third-order valence-corrected chi connectivity index (χ3v) is 3.94. The van der Waals surface area contributed by atoms with E-state index < -0.39 is 0 Å². The van der Waals surface area contributed by atoms with Crippen LogP contribution in [0.25, 0.3) is 21.2 Å². The number of hydrogen-bond acceptors (Lipinski definition) is 3. The van der Waals surface area contributed by atoms with Gasteiger partial charge in [-0.25, -0.2) is 4.98 Å². The summed E-state index contributed by atoms with van der Waals surface area (Å²) in [5.74, 6) is 0. The molecule has 3 aromatic rings. The fraction of sp³-hybridized carbons (Fsp3) is 0.143. The second-order valence-corrected chi connectivity index (χ2v) is 5.25. The molecule has 84 valence electrons. The summed E-state index contributed by atoms with van der Waals surface area (Å²) in [7, 11) is 0. The van der Waals surface area contributed by atoms with Crippen LogP contribution in [0.15, 0.2) is 36.7 Å². The van der Waals surface area contributed by atoms with E-state index in [0.717, 1.165) is 10.7 Å². The molecule has 0 radical (unpaired) electrons. The first-order chi connectivity index (χ1) is 8.25. The fourth-order valence-electron chi connectivity index (χ4n) is 2.10. The van der Waals surface area contributed by atoms with E-state index in [0.29, 0.717) is 0 Å². The molecule has 0 N–H and O–H groups in total. The van der Waals surface area contributed by atoms with Crippen LogP contribution in [0.4, 0.5) is 0 Å². The Balaban J connectivity index is 2.34. The van der Waals surface area contributed by atoms with Crippen LogP contribution < -0.4 is 0 Å². The molecule has 0 fully saturated rings. The van der Waals surface area contributed by atoms with Crippen LogP contribution in [0.3, 0.4) is 0 Å². The Labute approximate surface area is 104 Å². The number of aryl methyl sites for hydroxylation is 2. The third kappa shape index (κ3) is 1.72. The highest BCUT2D eigenvalue weighted by atomic mass is 32.1. The Bertz CT molecular complexity index is 680. The molecule has 0 saturated carbocycles. The Morgan fingerprint density at radius 3 is 2.76 bits per heavy atom. The standard InChI is InChI=1S/C14H12N2S/c1-9-14(17-10(2)16-9)13-5-3-4-11-8-15-7-6-12(11)13/h3-8H,1-2H3. The van der Waals surface area contributed by atoms with Crippen molar-refractivity contribution in [2.75, 3.05) is 0 Å². The number of aromatic nitrogens is 2. The molecule has 2 aromatic heterocycles.